The number of esters is 1. The zero-order chi connectivity index (χ0) is 29.1. The third kappa shape index (κ3) is 5.82. The minimum atomic E-state index is -1.33. The molecule has 210 valence electrons. The molecule has 0 fully saturated rings. The summed E-state index contributed by atoms with van der Waals surface area (Å²) in [4.78, 5) is 49.4. The fourth-order valence-corrected chi connectivity index (χ4v) is 5.12. The summed E-state index contributed by atoms with van der Waals surface area (Å²) in [5.41, 5.74) is 9.16. The molecule has 1 heterocycles. The van der Waals surface area contributed by atoms with E-state index >= 15 is 0 Å². The largest absolute Gasteiger partial charge is 0.508 e. The molecular formula is C31H28N2O8. The lowest BCUT2D eigenvalue weighted by atomic mass is 9.98. The smallest absolute Gasteiger partial charge is 0.349 e. The van der Waals surface area contributed by atoms with Crippen LogP contribution in [0.4, 0.5) is 0 Å². The number of benzene rings is 3. The maximum absolute atomic E-state index is 12.7. The first-order valence-electron chi connectivity index (χ1n) is 13.1. The van der Waals surface area contributed by atoms with E-state index in [2.05, 4.69) is 5.32 Å². The average Bonchev–Trinajstić information content (AvgIpc) is 3.28. The summed E-state index contributed by atoms with van der Waals surface area (Å²) in [5, 5.41) is 21.9. The average molecular weight is 557 g/mol. The Bertz CT molecular complexity index is 1650. The first-order chi connectivity index (χ1) is 19.7. The maximum atomic E-state index is 12.7. The number of amides is 1. The SMILES string of the molecule is NC(CCC[C@H](NC(=O)c1cc2ccc(O)cc2oc1=O)C(=O)O)C(=O)OCC1c2ccccc2-c2ccccc21. The van der Waals surface area contributed by atoms with Gasteiger partial charge >= 0.3 is 17.6 Å². The van der Waals surface area contributed by atoms with E-state index in [0.29, 0.717) is 5.39 Å². The van der Waals surface area contributed by atoms with Crippen LogP contribution in [0.3, 0.4) is 0 Å². The van der Waals surface area contributed by atoms with Crippen LogP contribution in [-0.4, -0.2) is 46.7 Å². The van der Waals surface area contributed by atoms with Gasteiger partial charge in [0.2, 0.25) is 0 Å². The summed E-state index contributed by atoms with van der Waals surface area (Å²) < 4.78 is 10.7. The van der Waals surface area contributed by atoms with Crippen molar-refractivity contribution in [1.29, 1.82) is 0 Å². The molecule has 0 spiro atoms. The van der Waals surface area contributed by atoms with Crippen LogP contribution in [0.1, 0.15) is 46.7 Å². The van der Waals surface area contributed by atoms with Crippen molar-refractivity contribution < 1.29 is 33.8 Å². The van der Waals surface area contributed by atoms with Gasteiger partial charge in [0.15, 0.2) is 0 Å². The predicted octanol–water partition coefficient (Wildman–Crippen LogP) is 3.53. The second-order valence-electron chi connectivity index (χ2n) is 9.93. The molecule has 0 saturated heterocycles. The van der Waals surface area contributed by atoms with E-state index in [1.165, 1.54) is 24.3 Å². The van der Waals surface area contributed by atoms with Crippen molar-refractivity contribution in [1.82, 2.24) is 5.32 Å². The first-order valence-corrected chi connectivity index (χ1v) is 13.1. The monoisotopic (exact) mass is 556 g/mol. The molecule has 4 aromatic rings. The Hall–Kier alpha value is -4.96. The van der Waals surface area contributed by atoms with Gasteiger partial charge in [0.1, 0.15) is 35.6 Å². The quantitative estimate of drug-likeness (QED) is 0.169. The van der Waals surface area contributed by atoms with Crippen LogP contribution in [0.2, 0.25) is 0 Å². The van der Waals surface area contributed by atoms with E-state index in [1.54, 1.807) is 0 Å². The number of fused-ring (bicyclic) bond motifs is 4. The zero-order valence-electron chi connectivity index (χ0n) is 21.9. The molecule has 1 aliphatic carbocycles. The third-order valence-corrected chi connectivity index (χ3v) is 7.23. The minimum absolute atomic E-state index is 0.0295. The molecule has 0 radical (unpaired) electrons. The Morgan fingerprint density at radius 2 is 1.61 bits per heavy atom. The summed E-state index contributed by atoms with van der Waals surface area (Å²) in [6, 6.07) is 19.0. The van der Waals surface area contributed by atoms with E-state index in [-0.39, 0.29) is 48.7 Å². The van der Waals surface area contributed by atoms with Crippen molar-refractivity contribution in [2.45, 2.75) is 37.3 Å². The number of carbonyl (C=O) groups excluding carboxylic acids is 2. The summed E-state index contributed by atoms with van der Waals surface area (Å²) in [7, 11) is 0. The number of carboxylic acid groups (broad SMARTS) is 1. The molecule has 41 heavy (non-hydrogen) atoms. The van der Waals surface area contributed by atoms with Crippen molar-refractivity contribution >= 4 is 28.8 Å². The molecule has 0 bridgehead atoms. The molecule has 10 heteroatoms. The fourth-order valence-electron chi connectivity index (χ4n) is 5.12. The number of nitrogens with two attached hydrogens (primary N) is 1. The molecule has 1 aromatic heterocycles. The van der Waals surface area contributed by atoms with Gasteiger partial charge in [-0.15, -0.1) is 0 Å². The molecule has 3 aromatic carbocycles. The molecule has 2 atom stereocenters. The van der Waals surface area contributed by atoms with Crippen LogP contribution in [0.25, 0.3) is 22.1 Å². The normalized spacial score (nSPS) is 13.7. The van der Waals surface area contributed by atoms with E-state index in [0.717, 1.165) is 22.3 Å². The zero-order valence-corrected chi connectivity index (χ0v) is 21.9. The van der Waals surface area contributed by atoms with Gasteiger partial charge in [-0.25, -0.2) is 9.59 Å². The number of nitrogens with one attached hydrogen (secondary N) is 1. The van der Waals surface area contributed by atoms with Gasteiger partial charge in [-0.05, 0) is 59.7 Å². The number of phenolic OH excluding ortho intramolecular Hbond substituents is 1. The van der Waals surface area contributed by atoms with Gasteiger partial charge in [-0.2, -0.15) is 0 Å². The van der Waals surface area contributed by atoms with Crippen molar-refractivity contribution in [2.24, 2.45) is 5.73 Å². The molecule has 0 saturated carbocycles. The van der Waals surface area contributed by atoms with Gasteiger partial charge in [-0.1, -0.05) is 48.5 Å². The lowest BCUT2D eigenvalue weighted by Gasteiger charge is -2.18. The van der Waals surface area contributed by atoms with E-state index in [4.69, 9.17) is 14.9 Å². The second-order valence-corrected chi connectivity index (χ2v) is 9.93. The van der Waals surface area contributed by atoms with E-state index in [1.807, 2.05) is 48.5 Å². The van der Waals surface area contributed by atoms with Crippen LogP contribution in [-0.2, 0) is 14.3 Å². The Morgan fingerprint density at radius 1 is 0.951 bits per heavy atom. The number of ether oxygens (including phenoxy) is 1. The van der Waals surface area contributed by atoms with E-state index in [9.17, 15) is 29.4 Å². The molecule has 5 rings (SSSR count). The topological polar surface area (TPSA) is 169 Å². The molecule has 1 unspecified atom stereocenters. The Labute approximate surface area is 234 Å². The molecule has 5 N–H and O–H groups in total. The number of phenols is 1. The Balaban J connectivity index is 1.15. The van der Waals surface area contributed by atoms with Crippen molar-refractivity contribution in [3.05, 3.63) is 99.9 Å². The fraction of sp³-hybridized carbons (Fsp3) is 0.226. The van der Waals surface area contributed by atoms with Gasteiger partial charge in [0.25, 0.3) is 5.91 Å². The van der Waals surface area contributed by atoms with Crippen molar-refractivity contribution in [3.8, 4) is 16.9 Å². The van der Waals surface area contributed by atoms with Gasteiger partial charge in [-0.3, -0.25) is 9.59 Å². The van der Waals surface area contributed by atoms with Crippen LogP contribution in [0, 0.1) is 0 Å². The highest BCUT2D eigenvalue weighted by atomic mass is 16.5. The highest BCUT2D eigenvalue weighted by Crippen LogP contribution is 2.44. The van der Waals surface area contributed by atoms with Crippen LogP contribution >= 0.6 is 0 Å². The number of aliphatic carboxylic acids is 1. The molecule has 1 amide bonds. The van der Waals surface area contributed by atoms with Gasteiger partial charge < -0.3 is 30.4 Å². The third-order valence-electron chi connectivity index (χ3n) is 7.23. The highest BCUT2D eigenvalue weighted by Gasteiger charge is 2.30. The minimum Gasteiger partial charge on any atom is -0.508 e. The standard InChI is InChI=1S/C31H28N2O8/c32-25(31(39)40-16-24-21-8-3-1-6-19(21)20-7-2-4-9-22(20)24)10-5-11-26(29(36)37)33-28(35)23-14-17-12-13-18(34)15-27(17)41-30(23)38/h1-4,6-9,12-15,24-26,34H,5,10-11,16,32H2,(H,33,35)(H,36,37)/t25?,26-/m0/s1. The Morgan fingerprint density at radius 3 is 2.27 bits per heavy atom. The number of carbonyl (C=O) groups is 3. The van der Waals surface area contributed by atoms with Crippen molar-refractivity contribution in [3.63, 3.8) is 0 Å². The van der Waals surface area contributed by atoms with Gasteiger partial charge in [0.05, 0.1) is 0 Å². The van der Waals surface area contributed by atoms with Crippen LogP contribution in [0.15, 0.2) is 82.0 Å². The molecule has 0 aliphatic heterocycles. The Kier molecular flexibility index (Phi) is 7.84. The number of aromatic hydroxyl groups is 1. The number of rotatable bonds is 10. The first kappa shape index (κ1) is 27.6. The maximum Gasteiger partial charge on any atom is 0.349 e. The number of carboxylic acids is 1. The lowest BCUT2D eigenvalue weighted by Crippen LogP contribution is -2.42. The van der Waals surface area contributed by atoms with Crippen LogP contribution in [0.5, 0.6) is 5.75 Å². The summed E-state index contributed by atoms with van der Waals surface area (Å²) >= 11 is 0. The lowest BCUT2D eigenvalue weighted by molar-refractivity contribution is -0.145. The molecule has 10 nitrogen and oxygen atoms in total. The van der Waals surface area contributed by atoms with E-state index < -0.39 is 35.6 Å². The molecular weight excluding hydrogens is 528 g/mol. The molecule has 1 aliphatic rings. The summed E-state index contributed by atoms with van der Waals surface area (Å²) in [5.74, 6) is -3.03. The summed E-state index contributed by atoms with van der Waals surface area (Å²) in [6.07, 6.45) is 0.310. The van der Waals surface area contributed by atoms with Crippen molar-refractivity contribution in [2.75, 3.05) is 6.61 Å². The van der Waals surface area contributed by atoms with Gasteiger partial charge in [0, 0.05) is 17.4 Å². The highest BCUT2D eigenvalue weighted by molar-refractivity contribution is 5.98. The second kappa shape index (κ2) is 11.6. The predicted molar refractivity (Wildman–Crippen MR) is 150 cm³/mol. The van der Waals surface area contributed by atoms with Crippen LogP contribution < -0.4 is 16.7 Å². The number of hydrogen-bond acceptors (Lipinski definition) is 8. The number of hydrogen-bond donors (Lipinski definition) is 4. The summed E-state index contributed by atoms with van der Waals surface area (Å²) in [6.45, 7) is 0.127.